The van der Waals surface area contributed by atoms with Crippen molar-refractivity contribution in [2.45, 2.75) is 44.6 Å². The summed E-state index contributed by atoms with van der Waals surface area (Å²) in [6.45, 7) is 2.25. The molecule has 1 aromatic heterocycles. The van der Waals surface area contributed by atoms with Gasteiger partial charge in [-0.2, -0.15) is 4.37 Å². The maximum atomic E-state index is 4.52. The molecule has 1 heterocycles. The van der Waals surface area contributed by atoms with E-state index in [4.69, 9.17) is 0 Å². The summed E-state index contributed by atoms with van der Waals surface area (Å²) in [5.74, 6) is 2.63. The summed E-state index contributed by atoms with van der Waals surface area (Å²) in [5, 5.41) is 4.47. The molecule has 0 aromatic carbocycles. The highest BCUT2D eigenvalue weighted by molar-refractivity contribution is 7.09. The SMILES string of the molecule is CC(Nc1nc(C2CC2)ns1)C1CC1. The third kappa shape index (κ3) is 1.75. The first-order chi connectivity index (χ1) is 6.83. The maximum Gasteiger partial charge on any atom is 0.202 e. The highest BCUT2D eigenvalue weighted by atomic mass is 32.1. The van der Waals surface area contributed by atoms with Gasteiger partial charge >= 0.3 is 0 Å². The summed E-state index contributed by atoms with van der Waals surface area (Å²) in [5.41, 5.74) is 0. The molecule has 2 saturated carbocycles. The summed E-state index contributed by atoms with van der Waals surface area (Å²) in [4.78, 5) is 4.52. The molecule has 0 aliphatic heterocycles. The van der Waals surface area contributed by atoms with Crippen molar-refractivity contribution in [3.8, 4) is 0 Å². The highest BCUT2D eigenvalue weighted by Crippen LogP contribution is 2.40. The van der Waals surface area contributed by atoms with E-state index in [1.807, 2.05) is 0 Å². The van der Waals surface area contributed by atoms with Crippen LogP contribution >= 0.6 is 11.5 Å². The van der Waals surface area contributed by atoms with E-state index in [0.717, 1.165) is 16.9 Å². The lowest BCUT2D eigenvalue weighted by Crippen LogP contribution is -2.16. The van der Waals surface area contributed by atoms with Gasteiger partial charge in [0.15, 0.2) is 0 Å². The van der Waals surface area contributed by atoms with Gasteiger partial charge in [-0.15, -0.1) is 0 Å². The molecule has 0 spiro atoms. The van der Waals surface area contributed by atoms with E-state index in [-0.39, 0.29) is 0 Å². The van der Waals surface area contributed by atoms with E-state index in [0.29, 0.717) is 12.0 Å². The lowest BCUT2D eigenvalue weighted by molar-refractivity contribution is 0.692. The third-order valence-corrected chi connectivity index (χ3v) is 3.72. The first kappa shape index (κ1) is 8.65. The van der Waals surface area contributed by atoms with E-state index < -0.39 is 0 Å². The molecule has 3 rings (SSSR count). The van der Waals surface area contributed by atoms with Gasteiger partial charge in [-0.05, 0) is 38.5 Å². The predicted molar refractivity (Wildman–Crippen MR) is 57.7 cm³/mol. The monoisotopic (exact) mass is 209 g/mol. The number of hydrogen-bond acceptors (Lipinski definition) is 4. The Labute approximate surface area is 88.1 Å². The second-order valence-corrected chi connectivity index (χ2v) is 5.25. The van der Waals surface area contributed by atoms with Crippen LogP contribution in [0.5, 0.6) is 0 Å². The van der Waals surface area contributed by atoms with Crippen LogP contribution in [0.3, 0.4) is 0 Å². The Morgan fingerprint density at radius 1 is 1.36 bits per heavy atom. The normalized spacial score (nSPS) is 23.5. The van der Waals surface area contributed by atoms with Crippen LogP contribution in [0, 0.1) is 5.92 Å². The molecule has 14 heavy (non-hydrogen) atoms. The fraction of sp³-hybridized carbons (Fsp3) is 0.800. The number of nitrogens with one attached hydrogen (secondary N) is 1. The molecule has 76 valence electrons. The Kier molecular flexibility index (Phi) is 1.97. The van der Waals surface area contributed by atoms with Gasteiger partial charge in [-0.1, -0.05) is 0 Å². The lowest BCUT2D eigenvalue weighted by atomic mass is 10.2. The van der Waals surface area contributed by atoms with Gasteiger partial charge in [-0.3, -0.25) is 0 Å². The predicted octanol–water partition coefficient (Wildman–Crippen LogP) is 2.63. The zero-order valence-corrected chi connectivity index (χ0v) is 9.18. The fourth-order valence-electron chi connectivity index (χ4n) is 1.71. The van der Waals surface area contributed by atoms with Crippen molar-refractivity contribution >= 4 is 16.7 Å². The van der Waals surface area contributed by atoms with Crippen LogP contribution in [0.15, 0.2) is 0 Å². The van der Waals surface area contributed by atoms with Crippen LogP contribution in [0.1, 0.15) is 44.3 Å². The number of anilines is 1. The van der Waals surface area contributed by atoms with Crippen molar-refractivity contribution in [3.63, 3.8) is 0 Å². The molecule has 0 amide bonds. The van der Waals surface area contributed by atoms with Gasteiger partial charge < -0.3 is 5.32 Å². The minimum Gasteiger partial charge on any atom is -0.358 e. The Morgan fingerprint density at radius 3 is 2.79 bits per heavy atom. The van der Waals surface area contributed by atoms with Gasteiger partial charge in [0.25, 0.3) is 0 Å². The Balaban J connectivity index is 1.63. The zero-order chi connectivity index (χ0) is 9.54. The van der Waals surface area contributed by atoms with Crippen molar-refractivity contribution in [3.05, 3.63) is 5.82 Å². The average molecular weight is 209 g/mol. The Bertz CT molecular complexity index is 328. The minimum atomic E-state index is 0.579. The van der Waals surface area contributed by atoms with E-state index >= 15 is 0 Å². The maximum absolute atomic E-state index is 4.52. The van der Waals surface area contributed by atoms with Gasteiger partial charge in [0.05, 0.1) is 0 Å². The Hall–Kier alpha value is -0.640. The molecule has 1 unspecified atom stereocenters. The summed E-state index contributed by atoms with van der Waals surface area (Å²) in [6.07, 6.45) is 5.33. The second-order valence-electron chi connectivity index (χ2n) is 4.50. The molecule has 1 atom stereocenters. The molecule has 1 N–H and O–H groups in total. The summed E-state index contributed by atoms with van der Waals surface area (Å²) in [6, 6.07) is 0.579. The number of hydrogen-bond donors (Lipinski definition) is 1. The molecular weight excluding hydrogens is 194 g/mol. The number of nitrogens with zero attached hydrogens (tertiary/aromatic N) is 2. The lowest BCUT2D eigenvalue weighted by Gasteiger charge is -2.09. The number of rotatable bonds is 4. The van der Waals surface area contributed by atoms with Crippen molar-refractivity contribution < 1.29 is 0 Å². The van der Waals surface area contributed by atoms with E-state index in [1.54, 1.807) is 0 Å². The van der Waals surface area contributed by atoms with Gasteiger partial charge in [-0.25, -0.2) is 4.98 Å². The molecule has 0 saturated heterocycles. The van der Waals surface area contributed by atoms with E-state index in [1.165, 1.54) is 37.2 Å². The van der Waals surface area contributed by atoms with Crippen molar-refractivity contribution in [1.82, 2.24) is 9.36 Å². The largest absolute Gasteiger partial charge is 0.358 e. The third-order valence-electron chi connectivity index (χ3n) is 3.06. The molecule has 0 radical (unpaired) electrons. The summed E-state index contributed by atoms with van der Waals surface area (Å²) < 4.78 is 4.38. The minimum absolute atomic E-state index is 0.579. The molecule has 0 bridgehead atoms. The fourth-order valence-corrected chi connectivity index (χ4v) is 2.45. The van der Waals surface area contributed by atoms with Crippen molar-refractivity contribution in [2.24, 2.45) is 5.92 Å². The van der Waals surface area contributed by atoms with Crippen LogP contribution in [0.25, 0.3) is 0 Å². The van der Waals surface area contributed by atoms with Crippen LogP contribution in [-0.4, -0.2) is 15.4 Å². The average Bonchev–Trinajstić information content (AvgIpc) is 3.06. The Morgan fingerprint density at radius 2 is 2.14 bits per heavy atom. The van der Waals surface area contributed by atoms with E-state index in [9.17, 15) is 0 Å². The van der Waals surface area contributed by atoms with E-state index in [2.05, 4.69) is 21.6 Å². The summed E-state index contributed by atoms with van der Waals surface area (Å²) in [7, 11) is 0. The first-order valence-corrected chi connectivity index (χ1v) is 6.20. The van der Waals surface area contributed by atoms with Crippen LogP contribution in [-0.2, 0) is 0 Å². The smallest absolute Gasteiger partial charge is 0.202 e. The van der Waals surface area contributed by atoms with Gasteiger partial charge in [0, 0.05) is 23.5 Å². The quantitative estimate of drug-likeness (QED) is 0.828. The molecular formula is C10H15N3S. The molecule has 2 fully saturated rings. The molecule has 2 aliphatic rings. The van der Waals surface area contributed by atoms with Crippen molar-refractivity contribution in [1.29, 1.82) is 0 Å². The van der Waals surface area contributed by atoms with Gasteiger partial charge in [0.2, 0.25) is 5.13 Å². The second kappa shape index (κ2) is 3.19. The number of aromatic nitrogens is 2. The van der Waals surface area contributed by atoms with Crippen molar-refractivity contribution in [2.75, 3.05) is 5.32 Å². The molecule has 1 aromatic rings. The molecule has 2 aliphatic carbocycles. The summed E-state index contributed by atoms with van der Waals surface area (Å²) >= 11 is 1.52. The topological polar surface area (TPSA) is 37.8 Å². The van der Waals surface area contributed by atoms with Crippen LogP contribution < -0.4 is 5.32 Å². The molecule has 4 heteroatoms. The highest BCUT2D eigenvalue weighted by Gasteiger charge is 2.30. The first-order valence-electron chi connectivity index (χ1n) is 5.43. The zero-order valence-electron chi connectivity index (χ0n) is 8.36. The molecule has 3 nitrogen and oxygen atoms in total. The van der Waals surface area contributed by atoms with Crippen LogP contribution in [0.2, 0.25) is 0 Å². The van der Waals surface area contributed by atoms with Gasteiger partial charge in [0.1, 0.15) is 5.82 Å². The standard InChI is InChI=1S/C10H15N3S/c1-6(7-2-3-7)11-10-12-9(13-14-10)8-4-5-8/h6-8H,2-5H2,1H3,(H,11,12,13). The van der Waals surface area contributed by atoms with Crippen LogP contribution in [0.4, 0.5) is 5.13 Å².